The molecule has 0 saturated carbocycles. The Morgan fingerprint density at radius 3 is 2.80 bits per heavy atom. The van der Waals surface area contributed by atoms with Crippen molar-refractivity contribution in [2.45, 2.75) is 32.7 Å². The second kappa shape index (κ2) is 7.60. The van der Waals surface area contributed by atoms with Gasteiger partial charge in [0.15, 0.2) is 0 Å². The summed E-state index contributed by atoms with van der Waals surface area (Å²) < 4.78 is 13.3. The van der Waals surface area contributed by atoms with Gasteiger partial charge in [-0.25, -0.2) is 4.39 Å². The van der Waals surface area contributed by atoms with Crippen LogP contribution in [-0.4, -0.2) is 36.5 Å². The number of halogens is 2. The summed E-state index contributed by atoms with van der Waals surface area (Å²) >= 11 is 0. The maximum Gasteiger partial charge on any atom is 0.254 e. The molecule has 1 aromatic rings. The van der Waals surface area contributed by atoms with Gasteiger partial charge in [0.1, 0.15) is 5.82 Å². The summed E-state index contributed by atoms with van der Waals surface area (Å²) in [5.41, 5.74) is 1.10. The van der Waals surface area contributed by atoms with Crippen molar-refractivity contribution in [3.05, 3.63) is 35.1 Å². The monoisotopic (exact) mass is 300 g/mol. The van der Waals surface area contributed by atoms with Crippen molar-refractivity contribution in [2.75, 3.05) is 19.6 Å². The molecule has 1 aromatic carbocycles. The average Bonchev–Trinajstić information content (AvgIpc) is 2.92. The molecule has 1 saturated heterocycles. The molecule has 3 nitrogen and oxygen atoms in total. The van der Waals surface area contributed by atoms with Gasteiger partial charge in [-0.15, -0.1) is 12.4 Å². The Hall–Kier alpha value is -1.13. The highest BCUT2D eigenvalue weighted by atomic mass is 35.5. The maximum atomic E-state index is 13.3. The lowest BCUT2D eigenvalue weighted by Gasteiger charge is -2.28. The smallest absolute Gasteiger partial charge is 0.254 e. The van der Waals surface area contributed by atoms with E-state index in [1.165, 1.54) is 6.07 Å². The molecule has 0 spiro atoms. The van der Waals surface area contributed by atoms with Gasteiger partial charge in [-0.1, -0.05) is 6.92 Å². The molecule has 1 aliphatic heterocycles. The Morgan fingerprint density at radius 1 is 1.50 bits per heavy atom. The van der Waals surface area contributed by atoms with E-state index < -0.39 is 0 Å². The topological polar surface area (TPSA) is 32.3 Å². The fraction of sp³-hybridized carbons (Fsp3) is 0.533. The van der Waals surface area contributed by atoms with E-state index in [1.807, 2.05) is 4.90 Å². The summed E-state index contributed by atoms with van der Waals surface area (Å²) in [6.45, 7) is 6.32. The van der Waals surface area contributed by atoms with Crippen LogP contribution in [0.15, 0.2) is 18.2 Å². The number of amides is 1. The highest BCUT2D eigenvalue weighted by molar-refractivity contribution is 5.94. The lowest BCUT2D eigenvalue weighted by atomic mass is 10.1. The number of hydrogen-bond donors (Lipinski definition) is 1. The second-order valence-electron chi connectivity index (χ2n) is 5.11. The van der Waals surface area contributed by atoms with Crippen molar-refractivity contribution in [1.82, 2.24) is 10.2 Å². The first-order valence-electron chi connectivity index (χ1n) is 6.91. The molecular weight excluding hydrogens is 279 g/mol. The molecule has 5 heteroatoms. The molecule has 20 heavy (non-hydrogen) atoms. The summed E-state index contributed by atoms with van der Waals surface area (Å²) in [6, 6.07) is 4.86. The molecule has 0 bridgehead atoms. The van der Waals surface area contributed by atoms with Gasteiger partial charge in [0, 0.05) is 24.7 Å². The largest absolute Gasteiger partial charge is 0.334 e. The number of hydrogen-bond acceptors (Lipinski definition) is 2. The third-order valence-electron chi connectivity index (χ3n) is 3.61. The standard InChI is InChI=1S/C15H21FN2O.ClH/c1-3-8-18(13-6-7-17-10-13)15(19)12-4-5-14(16)11(2)9-12;/h4-5,9,13,17H,3,6-8,10H2,1-2H3;1H. The summed E-state index contributed by atoms with van der Waals surface area (Å²) in [5, 5.41) is 3.28. The molecule has 0 radical (unpaired) electrons. The van der Waals surface area contributed by atoms with Crippen molar-refractivity contribution < 1.29 is 9.18 Å². The van der Waals surface area contributed by atoms with Crippen LogP contribution in [-0.2, 0) is 0 Å². The van der Waals surface area contributed by atoms with Crippen molar-refractivity contribution in [1.29, 1.82) is 0 Å². The number of carbonyl (C=O) groups excluding carboxylic acids is 1. The molecule has 1 fully saturated rings. The molecule has 1 heterocycles. The van der Waals surface area contributed by atoms with Gasteiger partial charge in [0.2, 0.25) is 0 Å². The molecule has 0 aliphatic carbocycles. The zero-order valence-corrected chi connectivity index (χ0v) is 12.8. The first-order valence-corrected chi connectivity index (χ1v) is 6.91. The molecular formula is C15H22ClFN2O. The van der Waals surface area contributed by atoms with Crippen LogP contribution < -0.4 is 5.32 Å². The summed E-state index contributed by atoms with van der Waals surface area (Å²) in [7, 11) is 0. The van der Waals surface area contributed by atoms with Gasteiger partial charge >= 0.3 is 0 Å². The minimum absolute atomic E-state index is 0. The fourth-order valence-electron chi connectivity index (χ4n) is 2.54. The number of aryl methyl sites for hydroxylation is 1. The summed E-state index contributed by atoms with van der Waals surface area (Å²) in [6.07, 6.45) is 1.92. The Balaban J connectivity index is 0.00000200. The summed E-state index contributed by atoms with van der Waals surface area (Å²) in [4.78, 5) is 14.5. The van der Waals surface area contributed by atoms with Crippen LogP contribution in [0, 0.1) is 12.7 Å². The zero-order valence-electron chi connectivity index (χ0n) is 12.0. The van der Waals surface area contributed by atoms with Crippen molar-refractivity contribution >= 4 is 18.3 Å². The van der Waals surface area contributed by atoms with E-state index in [4.69, 9.17) is 0 Å². The molecule has 1 atom stereocenters. The highest BCUT2D eigenvalue weighted by Gasteiger charge is 2.26. The minimum Gasteiger partial charge on any atom is -0.334 e. The molecule has 1 aliphatic rings. The van der Waals surface area contributed by atoms with Crippen molar-refractivity contribution in [2.24, 2.45) is 0 Å². The van der Waals surface area contributed by atoms with Crippen LogP contribution in [0.25, 0.3) is 0 Å². The van der Waals surface area contributed by atoms with Gasteiger partial charge in [-0.3, -0.25) is 4.79 Å². The predicted octanol–water partition coefficient (Wildman–Crippen LogP) is 2.77. The third-order valence-corrected chi connectivity index (χ3v) is 3.61. The normalized spacial score (nSPS) is 17.6. The van der Waals surface area contributed by atoms with E-state index in [0.29, 0.717) is 11.1 Å². The Kier molecular flexibility index (Phi) is 6.43. The molecule has 2 rings (SSSR count). The first-order chi connectivity index (χ1) is 9.13. The molecule has 1 N–H and O–H groups in total. The van der Waals surface area contributed by atoms with Crippen LogP contribution >= 0.6 is 12.4 Å². The first kappa shape index (κ1) is 16.9. The number of carbonyl (C=O) groups is 1. The van der Waals surface area contributed by atoms with Gasteiger partial charge in [-0.05, 0) is 50.1 Å². The Bertz CT molecular complexity index is 461. The Labute approximate surface area is 125 Å². The minimum atomic E-state index is -0.263. The van der Waals surface area contributed by atoms with Crippen LogP contribution in [0.4, 0.5) is 4.39 Å². The van der Waals surface area contributed by atoms with Crippen molar-refractivity contribution in [3.63, 3.8) is 0 Å². The Morgan fingerprint density at radius 2 is 2.25 bits per heavy atom. The molecule has 1 unspecified atom stereocenters. The molecule has 112 valence electrons. The quantitative estimate of drug-likeness (QED) is 0.927. The fourth-order valence-corrected chi connectivity index (χ4v) is 2.54. The number of rotatable bonds is 4. The maximum absolute atomic E-state index is 13.3. The summed E-state index contributed by atoms with van der Waals surface area (Å²) in [5.74, 6) is -0.250. The average molecular weight is 301 g/mol. The van der Waals surface area contributed by atoms with Gasteiger partial charge in [0.05, 0.1) is 0 Å². The van der Waals surface area contributed by atoms with Crippen LogP contribution in [0.2, 0.25) is 0 Å². The van der Waals surface area contributed by atoms with E-state index in [-0.39, 0.29) is 30.2 Å². The van der Waals surface area contributed by atoms with Crippen LogP contribution in [0.3, 0.4) is 0 Å². The third kappa shape index (κ3) is 3.70. The second-order valence-corrected chi connectivity index (χ2v) is 5.11. The van der Waals surface area contributed by atoms with Crippen molar-refractivity contribution in [3.8, 4) is 0 Å². The van der Waals surface area contributed by atoms with E-state index in [0.717, 1.165) is 32.5 Å². The van der Waals surface area contributed by atoms with Gasteiger partial charge in [-0.2, -0.15) is 0 Å². The van der Waals surface area contributed by atoms with E-state index >= 15 is 0 Å². The lowest BCUT2D eigenvalue weighted by Crippen LogP contribution is -2.42. The van der Waals surface area contributed by atoms with Gasteiger partial charge in [0.25, 0.3) is 5.91 Å². The number of nitrogens with zero attached hydrogens (tertiary/aromatic N) is 1. The van der Waals surface area contributed by atoms with Crippen LogP contribution in [0.1, 0.15) is 35.7 Å². The molecule has 1 amide bonds. The molecule has 0 aromatic heterocycles. The van der Waals surface area contributed by atoms with E-state index in [1.54, 1.807) is 19.1 Å². The highest BCUT2D eigenvalue weighted by Crippen LogP contribution is 2.16. The SMILES string of the molecule is CCCN(C(=O)c1ccc(F)c(C)c1)C1CCNC1.Cl. The van der Waals surface area contributed by atoms with E-state index in [2.05, 4.69) is 12.2 Å². The number of benzene rings is 1. The van der Waals surface area contributed by atoms with Crippen LogP contribution in [0.5, 0.6) is 0 Å². The predicted molar refractivity (Wildman–Crippen MR) is 81.0 cm³/mol. The van der Waals surface area contributed by atoms with E-state index in [9.17, 15) is 9.18 Å². The number of nitrogens with one attached hydrogen (secondary N) is 1. The lowest BCUT2D eigenvalue weighted by molar-refractivity contribution is 0.0692. The van der Waals surface area contributed by atoms with Gasteiger partial charge < -0.3 is 10.2 Å². The zero-order chi connectivity index (χ0) is 13.8.